The highest BCUT2D eigenvalue weighted by Crippen LogP contribution is 2.22. The van der Waals surface area contributed by atoms with Gasteiger partial charge in [0.05, 0.1) is 18.8 Å². The molecular formula is C17H21N3O2S. The van der Waals surface area contributed by atoms with Crippen molar-refractivity contribution in [1.29, 1.82) is 0 Å². The van der Waals surface area contributed by atoms with E-state index in [0.717, 1.165) is 37.4 Å². The van der Waals surface area contributed by atoms with Gasteiger partial charge in [-0.15, -0.1) is 11.3 Å². The molecule has 23 heavy (non-hydrogen) atoms. The molecule has 1 saturated heterocycles. The lowest BCUT2D eigenvalue weighted by molar-refractivity contribution is -0.121. The van der Waals surface area contributed by atoms with Gasteiger partial charge >= 0.3 is 0 Å². The summed E-state index contributed by atoms with van der Waals surface area (Å²) in [4.78, 5) is 22.1. The third-order valence-corrected chi connectivity index (χ3v) is 4.84. The van der Waals surface area contributed by atoms with Crippen LogP contribution in [0.15, 0.2) is 29.8 Å². The number of carbonyl (C=O) groups excluding carboxylic acids is 1. The Morgan fingerprint density at radius 3 is 3.17 bits per heavy atom. The maximum absolute atomic E-state index is 11.9. The highest BCUT2D eigenvalue weighted by molar-refractivity contribution is 7.09. The van der Waals surface area contributed by atoms with Crippen LogP contribution in [0.1, 0.15) is 41.6 Å². The summed E-state index contributed by atoms with van der Waals surface area (Å²) in [6.45, 7) is 1.97. The molecule has 1 aliphatic rings. The van der Waals surface area contributed by atoms with Crippen LogP contribution >= 0.6 is 11.3 Å². The van der Waals surface area contributed by atoms with Crippen molar-refractivity contribution in [2.24, 2.45) is 0 Å². The average Bonchev–Trinajstić information content (AvgIpc) is 3.13. The topological polar surface area (TPSA) is 64.1 Å². The molecule has 2 aromatic heterocycles. The first-order valence-corrected chi connectivity index (χ1v) is 8.88. The number of aryl methyl sites for hydroxylation is 1. The van der Waals surface area contributed by atoms with E-state index in [1.54, 1.807) is 17.5 Å². The van der Waals surface area contributed by atoms with Crippen molar-refractivity contribution < 1.29 is 9.53 Å². The number of carbonyl (C=O) groups is 1. The van der Waals surface area contributed by atoms with Gasteiger partial charge in [0.2, 0.25) is 5.91 Å². The van der Waals surface area contributed by atoms with Crippen molar-refractivity contribution >= 4 is 17.2 Å². The molecule has 1 fully saturated rings. The molecule has 0 aromatic carbocycles. The number of thiophene rings is 1. The van der Waals surface area contributed by atoms with Crippen LogP contribution in [0.25, 0.3) is 0 Å². The molecule has 6 heteroatoms. The fourth-order valence-corrected chi connectivity index (χ4v) is 3.33. The first-order chi connectivity index (χ1) is 11.3. The van der Waals surface area contributed by atoms with Crippen molar-refractivity contribution in [1.82, 2.24) is 15.3 Å². The molecular weight excluding hydrogens is 310 g/mol. The highest BCUT2D eigenvalue weighted by Gasteiger charge is 2.18. The number of nitrogens with zero attached hydrogens (tertiary/aromatic N) is 2. The Labute approximate surface area is 140 Å². The molecule has 0 aliphatic carbocycles. The van der Waals surface area contributed by atoms with Gasteiger partial charge in [-0.3, -0.25) is 4.79 Å². The zero-order valence-corrected chi connectivity index (χ0v) is 13.8. The van der Waals surface area contributed by atoms with Crippen molar-refractivity contribution in [3.05, 3.63) is 46.2 Å². The zero-order valence-electron chi connectivity index (χ0n) is 13.0. The summed E-state index contributed by atoms with van der Waals surface area (Å²) >= 11 is 1.68. The minimum absolute atomic E-state index is 0.0551. The molecule has 3 rings (SSSR count). The highest BCUT2D eigenvalue weighted by atomic mass is 32.1. The summed E-state index contributed by atoms with van der Waals surface area (Å²) in [7, 11) is 0. The van der Waals surface area contributed by atoms with E-state index in [4.69, 9.17) is 4.74 Å². The lowest BCUT2D eigenvalue weighted by Gasteiger charge is -2.20. The number of nitrogens with one attached hydrogen (secondary N) is 1. The Morgan fingerprint density at radius 2 is 2.39 bits per heavy atom. The number of hydrogen-bond acceptors (Lipinski definition) is 5. The van der Waals surface area contributed by atoms with Gasteiger partial charge in [0.15, 0.2) is 0 Å². The van der Waals surface area contributed by atoms with Crippen molar-refractivity contribution in [2.75, 3.05) is 13.2 Å². The molecule has 0 bridgehead atoms. The van der Waals surface area contributed by atoms with E-state index < -0.39 is 0 Å². The predicted octanol–water partition coefficient (Wildman–Crippen LogP) is 2.68. The minimum atomic E-state index is 0.0551. The fourth-order valence-electron chi connectivity index (χ4n) is 2.62. The molecule has 1 aliphatic heterocycles. The quantitative estimate of drug-likeness (QED) is 0.884. The van der Waals surface area contributed by atoms with E-state index in [-0.39, 0.29) is 11.8 Å². The molecule has 2 aromatic rings. The molecule has 122 valence electrons. The van der Waals surface area contributed by atoms with E-state index in [9.17, 15) is 4.79 Å². The second kappa shape index (κ2) is 8.17. The van der Waals surface area contributed by atoms with Gasteiger partial charge in [0.1, 0.15) is 5.82 Å². The van der Waals surface area contributed by atoms with Crippen LogP contribution in [0.2, 0.25) is 0 Å². The largest absolute Gasteiger partial charge is 0.381 e. The second-order valence-corrected chi connectivity index (χ2v) is 6.71. The molecule has 0 spiro atoms. The molecule has 3 heterocycles. The van der Waals surface area contributed by atoms with E-state index in [0.29, 0.717) is 19.6 Å². The Morgan fingerprint density at radius 1 is 1.43 bits per heavy atom. The number of hydrogen-bond donors (Lipinski definition) is 1. The van der Waals surface area contributed by atoms with E-state index in [1.165, 1.54) is 4.88 Å². The van der Waals surface area contributed by atoms with Crippen molar-refractivity contribution in [3.63, 3.8) is 0 Å². The van der Waals surface area contributed by atoms with Gasteiger partial charge in [0.25, 0.3) is 0 Å². The molecule has 1 N–H and O–H groups in total. The van der Waals surface area contributed by atoms with Crippen LogP contribution in [0, 0.1) is 0 Å². The Kier molecular flexibility index (Phi) is 5.71. The summed E-state index contributed by atoms with van der Waals surface area (Å²) in [5, 5.41) is 4.97. The summed E-state index contributed by atoms with van der Waals surface area (Å²) in [6, 6.07) is 5.92. The predicted molar refractivity (Wildman–Crippen MR) is 89.3 cm³/mol. The van der Waals surface area contributed by atoms with Crippen LogP contribution in [-0.4, -0.2) is 29.1 Å². The lowest BCUT2D eigenvalue weighted by Crippen LogP contribution is -2.24. The number of aromatic nitrogens is 2. The van der Waals surface area contributed by atoms with E-state index >= 15 is 0 Å². The van der Waals surface area contributed by atoms with Gasteiger partial charge < -0.3 is 10.1 Å². The smallest absolute Gasteiger partial charge is 0.220 e. The first-order valence-electron chi connectivity index (χ1n) is 8.00. The average molecular weight is 331 g/mol. The summed E-state index contributed by atoms with van der Waals surface area (Å²) < 4.78 is 5.49. The molecule has 1 atom stereocenters. The monoisotopic (exact) mass is 331 g/mol. The Balaban J connectivity index is 1.48. The maximum atomic E-state index is 11.9. The number of ether oxygens (including phenoxy) is 1. The standard InChI is InChI=1S/C17H21N3O2S/c21-16(6-5-15-4-2-10-23-15)19-11-14-7-8-18-17(20-14)13-3-1-9-22-12-13/h2,4,7-8,10,13H,1,3,5-6,9,11-12H2,(H,19,21)/t13-/m1/s1. The maximum Gasteiger partial charge on any atom is 0.220 e. The molecule has 0 saturated carbocycles. The molecule has 0 radical (unpaired) electrons. The molecule has 5 nitrogen and oxygen atoms in total. The Bertz CT molecular complexity index is 625. The number of rotatable bonds is 6. The van der Waals surface area contributed by atoms with Gasteiger partial charge in [-0.2, -0.15) is 0 Å². The van der Waals surface area contributed by atoms with Crippen molar-refractivity contribution in [2.45, 2.75) is 38.1 Å². The van der Waals surface area contributed by atoms with Gasteiger partial charge in [-0.1, -0.05) is 6.07 Å². The second-order valence-electron chi connectivity index (χ2n) is 5.68. The molecule has 1 amide bonds. The zero-order chi connectivity index (χ0) is 15.9. The minimum Gasteiger partial charge on any atom is -0.381 e. The van der Waals surface area contributed by atoms with Crippen LogP contribution in [0.5, 0.6) is 0 Å². The van der Waals surface area contributed by atoms with Crippen LogP contribution < -0.4 is 5.32 Å². The van der Waals surface area contributed by atoms with Crippen LogP contribution in [0.3, 0.4) is 0 Å². The number of amides is 1. The van der Waals surface area contributed by atoms with E-state index in [1.807, 2.05) is 17.5 Å². The third-order valence-electron chi connectivity index (χ3n) is 3.90. The molecule has 0 unspecified atom stereocenters. The normalized spacial score (nSPS) is 17.8. The summed E-state index contributed by atoms with van der Waals surface area (Å²) in [6.07, 6.45) is 5.19. The van der Waals surface area contributed by atoms with Crippen LogP contribution in [0.4, 0.5) is 0 Å². The third kappa shape index (κ3) is 4.84. The fraction of sp³-hybridized carbons (Fsp3) is 0.471. The van der Waals surface area contributed by atoms with Crippen molar-refractivity contribution in [3.8, 4) is 0 Å². The lowest BCUT2D eigenvalue weighted by atomic mass is 10.0. The van der Waals surface area contributed by atoms with Gasteiger partial charge in [-0.05, 0) is 36.8 Å². The summed E-state index contributed by atoms with van der Waals surface area (Å²) in [5.74, 6) is 1.16. The van der Waals surface area contributed by atoms with Gasteiger partial charge in [-0.25, -0.2) is 9.97 Å². The van der Waals surface area contributed by atoms with Gasteiger partial charge in [0, 0.05) is 30.0 Å². The Hall–Kier alpha value is -1.79. The van der Waals surface area contributed by atoms with Crippen LogP contribution in [-0.2, 0) is 22.5 Å². The van der Waals surface area contributed by atoms with E-state index in [2.05, 4.69) is 21.4 Å². The first kappa shape index (κ1) is 16.1. The SMILES string of the molecule is O=C(CCc1cccs1)NCc1ccnc([C@@H]2CCCOC2)n1. The summed E-state index contributed by atoms with van der Waals surface area (Å²) in [5.41, 5.74) is 0.852.